The molecule has 2 rings (SSSR count). The third-order valence-electron chi connectivity index (χ3n) is 3.15. The van der Waals surface area contributed by atoms with Gasteiger partial charge in [-0.3, -0.25) is 0 Å². The van der Waals surface area contributed by atoms with E-state index in [9.17, 15) is 8.42 Å². The third kappa shape index (κ3) is 3.43. The number of sulfone groups is 1. The van der Waals surface area contributed by atoms with Crippen molar-refractivity contribution in [3.8, 4) is 0 Å². The molecule has 0 amide bonds. The fourth-order valence-electron chi connectivity index (χ4n) is 1.78. The molecular formula is C13H18N4O2S. The summed E-state index contributed by atoms with van der Waals surface area (Å²) in [4.78, 5) is 0.338. The summed E-state index contributed by atoms with van der Waals surface area (Å²) in [5, 5.41) is 11.3. The number of hydrogen-bond donors (Lipinski definition) is 1. The molecule has 0 aliphatic rings. The lowest BCUT2D eigenvalue weighted by molar-refractivity contribution is 0.601. The van der Waals surface area contributed by atoms with E-state index >= 15 is 0 Å². The van der Waals surface area contributed by atoms with Gasteiger partial charge in [0.15, 0.2) is 9.84 Å². The van der Waals surface area contributed by atoms with Gasteiger partial charge in [0.25, 0.3) is 0 Å². The van der Waals surface area contributed by atoms with Gasteiger partial charge in [0.05, 0.1) is 11.4 Å². The number of benzene rings is 1. The number of hydrogen-bond acceptors (Lipinski definition) is 5. The molecule has 20 heavy (non-hydrogen) atoms. The van der Waals surface area contributed by atoms with Gasteiger partial charge in [0.1, 0.15) is 11.6 Å². The van der Waals surface area contributed by atoms with Gasteiger partial charge in [-0.15, -0.1) is 10.2 Å². The van der Waals surface area contributed by atoms with E-state index in [-0.39, 0.29) is 0 Å². The number of aryl methyl sites for hydroxylation is 1. The highest BCUT2D eigenvalue weighted by Gasteiger charge is 2.07. The lowest BCUT2D eigenvalue weighted by atomic mass is 10.2. The Morgan fingerprint density at radius 3 is 2.30 bits per heavy atom. The molecule has 0 radical (unpaired) electrons. The third-order valence-corrected chi connectivity index (χ3v) is 4.27. The quantitative estimate of drug-likeness (QED) is 0.883. The Hall–Kier alpha value is -1.73. The van der Waals surface area contributed by atoms with Crippen LogP contribution in [0.4, 0.5) is 0 Å². The summed E-state index contributed by atoms with van der Waals surface area (Å²) in [5.41, 5.74) is 1.02. The predicted octanol–water partition coefficient (Wildman–Crippen LogP) is 0.817. The van der Waals surface area contributed by atoms with Crippen molar-refractivity contribution in [2.24, 2.45) is 7.05 Å². The summed E-state index contributed by atoms with van der Waals surface area (Å²) in [5.74, 6) is 1.74. The van der Waals surface area contributed by atoms with Gasteiger partial charge < -0.3 is 9.88 Å². The van der Waals surface area contributed by atoms with E-state index in [2.05, 4.69) is 15.5 Å². The zero-order chi connectivity index (χ0) is 14.8. The van der Waals surface area contributed by atoms with E-state index in [1.165, 1.54) is 6.26 Å². The number of rotatable bonds is 5. The topological polar surface area (TPSA) is 76.9 Å². The van der Waals surface area contributed by atoms with Crippen molar-refractivity contribution < 1.29 is 8.42 Å². The molecule has 0 aliphatic carbocycles. The number of nitrogens with one attached hydrogen (secondary N) is 1. The van der Waals surface area contributed by atoms with Gasteiger partial charge in [0, 0.05) is 19.8 Å². The van der Waals surface area contributed by atoms with Gasteiger partial charge in [-0.2, -0.15) is 0 Å². The van der Waals surface area contributed by atoms with E-state index < -0.39 is 9.84 Å². The van der Waals surface area contributed by atoms with Gasteiger partial charge in [-0.1, -0.05) is 12.1 Å². The fraction of sp³-hybridized carbons (Fsp3) is 0.385. The van der Waals surface area contributed by atoms with Crippen LogP contribution in [0.3, 0.4) is 0 Å². The van der Waals surface area contributed by atoms with Crippen LogP contribution >= 0.6 is 0 Å². The molecule has 108 valence electrons. The SMILES string of the molecule is Cc1nnc(CNCc2ccc(S(C)(=O)=O)cc2)n1C. The summed E-state index contributed by atoms with van der Waals surface area (Å²) in [6, 6.07) is 6.87. The molecule has 1 N–H and O–H groups in total. The van der Waals surface area contributed by atoms with Crippen molar-refractivity contribution in [1.82, 2.24) is 20.1 Å². The monoisotopic (exact) mass is 294 g/mol. The fourth-order valence-corrected chi connectivity index (χ4v) is 2.41. The van der Waals surface area contributed by atoms with Crippen LogP contribution in [0.15, 0.2) is 29.2 Å². The Kier molecular flexibility index (Phi) is 4.20. The van der Waals surface area contributed by atoms with Crippen molar-refractivity contribution in [1.29, 1.82) is 0 Å². The van der Waals surface area contributed by atoms with Crippen LogP contribution in [-0.4, -0.2) is 29.4 Å². The minimum absolute atomic E-state index is 0.338. The first-order chi connectivity index (χ1) is 9.38. The molecule has 0 unspecified atom stereocenters. The molecule has 7 heteroatoms. The van der Waals surface area contributed by atoms with Crippen LogP contribution in [0.1, 0.15) is 17.2 Å². The van der Waals surface area contributed by atoms with E-state index in [0.717, 1.165) is 17.2 Å². The summed E-state index contributed by atoms with van der Waals surface area (Å²) in [6.07, 6.45) is 1.21. The average Bonchev–Trinajstić information content (AvgIpc) is 2.70. The second-order valence-corrected chi connectivity index (χ2v) is 6.76. The Balaban J connectivity index is 1.93. The molecule has 1 aromatic heterocycles. The molecule has 0 saturated heterocycles. The Bertz CT molecular complexity index is 690. The van der Waals surface area contributed by atoms with E-state index in [1.54, 1.807) is 12.1 Å². The first kappa shape index (κ1) is 14.7. The van der Waals surface area contributed by atoms with E-state index in [0.29, 0.717) is 18.0 Å². The lowest BCUT2D eigenvalue weighted by Gasteiger charge is -2.06. The Morgan fingerprint density at radius 2 is 1.80 bits per heavy atom. The van der Waals surface area contributed by atoms with Gasteiger partial charge in [-0.05, 0) is 24.6 Å². The summed E-state index contributed by atoms with van der Waals surface area (Å²) < 4.78 is 24.6. The molecule has 0 saturated carbocycles. The minimum Gasteiger partial charge on any atom is -0.317 e. The maximum absolute atomic E-state index is 11.3. The molecule has 0 spiro atoms. The summed E-state index contributed by atoms with van der Waals surface area (Å²) >= 11 is 0. The number of aromatic nitrogens is 3. The maximum Gasteiger partial charge on any atom is 0.175 e. The van der Waals surface area contributed by atoms with Crippen LogP contribution in [-0.2, 0) is 30.0 Å². The molecule has 0 aliphatic heterocycles. The standard InChI is InChI=1S/C13H18N4O2S/c1-10-15-16-13(17(10)2)9-14-8-11-4-6-12(7-5-11)20(3,18)19/h4-7,14H,8-9H2,1-3H3. The van der Waals surface area contributed by atoms with Crippen LogP contribution in [0.5, 0.6) is 0 Å². The Labute approximate surface area is 118 Å². The van der Waals surface area contributed by atoms with Gasteiger partial charge in [-0.25, -0.2) is 8.42 Å². The molecule has 1 aromatic carbocycles. The minimum atomic E-state index is -3.13. The predicted molar refractivity (Wildman–Crippen MR) is 75.8 cm³/mol. The normalized spacial score (nSPS) is 11.8. The summed E-state index contributed by atoms with van der Waals surface area (Å²) in [7, 11) is -1.20. The largest absolute Gasteiger partial charge is 0.317 e. The highest BCUT2D eigenvalue weighted by molar-refractivity contribution is 7.90. The van der Waals surface area contributed by atoms with Gasteiger partial charge >= 0.3 is 0 Å². The molecule has 6 nitrogen and oxygen atoms in total. The number of nitrogens with zero attached hydrogens (tertiary/aromatic N) is 3. The van der Waals surface area contributed by atoms with Crippen molar-refractivity contribution in [3.05, 3.63) is 41.5 Å². The average molecular weight is 294 g/mol. The second-order valence-electron chi connectivity index (χ2n) is 4.74. The smallest absolute Gasteiger partial charge is 0.175 e. The van der Waals surface area contributed by atoms with E-state index in [4.69, 9.17) is 0 Å². The highest BCUT2D eigenvalue weighted by atomic mass is 32.2. The Morgan fingerprint density at radius 1 is 1.15 bits per heavy atom. The molecule has 0 bridgehead atoms. The van der Waals surface area contributed by atoms with Crippen LogP contribution < -0.4 is 5.32 Å². The van der Waals surface area contributed by atoms with Crippen molar-refractivity contribution in [2.75, 3.05) is 6.26 Å². The van der Waals surface area contributed by atoms with Crippen molar-refractivity contribution in [2.45, 2.75) is 24.9 Å². The first-order valence-corrected chi connectivity index (χ1v) is 8.11. The summed E-state index contributed by atoms with van der Waals surface area (Å²) in [6.45, 7) is 3.17. The maximum atomic E-state index is 11.3. The zero-order valence-electron chi connectivity index (χ0n) is 11.8. The molecule has 2 aromatic rings. The van der Waals surface area contributed by atoms with E-state index in [1.807, 2.05) is 30.7 Å². The van der Waals surface area contributed by atoms with Crippen LogP contribution in [0.2, 0.25) is 0 Å². The molecule has 1 heterocycles. The van der Waals surface area contributed by atoms with Gasteiger partial charge in [0.2, 0.25) is 0 Å². The lowest BCUT2D eigenvalue weighted by Crippen LogP contribution is -2.16. The highest BCUT2D eigenvalue weighted by Crippen LogP contribution is 2.10. The molecular weight excluding hydrogens is 276 g/mol. The first-order valence-electron chi connectivity index (χ1n) is 6.22. The molecule has 0 fully saturated rings. The zero-order valence-corrected chi connectivity index (χ0v) is 12.6. The van der Waals surface area contributed by atoms with Crippen molar-refractivity contribution in [3.63, 3.8) is 0 Å². The van der Waals surface area contributed by atoms with Crippen LogP contribution in [0.25, 0.3) is 0 Å². The van der Waals surface area contributed by atoms with Crippen LogP contribution in [0, 0.1) is 6.92 Å². The second kappa shape index (κ2) is 5.72. The van der Waals surface area contributed by atoms with Crippen molar-refractivity contribution >= 4 is 9.84 Å². The molecule has 0 atom stereocenters.